The summed E-state index contributed by atoms with van der Waals surface area (Å²) in [5.74, 6) is 0. The fourth-order valence-corrected chi connectivity index (χ4v) is 1.99. The van der Waals surface area contributed by atoms with Crippen molar-refractivity contribution < 1.29 is 4.79 Å². The van der Waals surface area contributed by atoms with Gasteiger partial charge < -0.3 is 5.73 Å². The molecule has 0 saturated carbocycles. The van der Waals surface area contributed by atoms with E-state index in [-0.39, 0.29) is 0 Å². The molecule has 0 aromatic heterocycles. The minimum absolute atomic E-state index is 0.480. The molecule has 16 heavy (non-hydrogen) atoms. The number of benzene rings is 1. The van der Waals surface area contributed by atoms with Crippen LogP contribution in [0, 0.1) is 0 Å². The smallest absolute Gasteiger partial charge is 0.334 e. The Bertz CT molecular complexity index is 368. The summed E-state index contributed by atoms with van der Waals surface area (Å²) in [5, 5.41) is 3.98. The normalized spacial score (nSPS) is 10.5. The molecule has 2 amide bonds. The summed E-state index contributed by atoms with van der Waals surface area (Å²) in [6, 6.07) is 7.26. The minimum Gasteiger partial charge on any atom is -0.350 e. The van der Waals surface area contributed by atoms with Gasteiger partial charge in [0.25, 0.3) is 0 Å². The lowest BCUT2D eigenvalue weighted by Gasteiger charge is -2.28. The lowest BCUT2D eigenvalue weighted by Crippen LogP contribution is -2.45. The molecule has 0 atom stereocenters. The highest BCUT2D eigenvalue weighted by Crippen LogP contribution is 2.21. The molecule has 0 heterocycles. The second-order valence-corrected chi connectivity index (χ2v) is 4.36. The van der Waals surface area contributed by atoms with Crippen molar-refractivity contribution in [2.45, 2.75) is 6.42 Å². The zero-order valence-corrected chi connectivity index (χ0v) is 11.1. The van der Waals surface area contributed by atoms with Gasteiger partial charge in [0.15, 0.2) is 0 Å². The molecule has 0 bridgehead atoms. The lowest BCUT2D eigenvalue weighted by molar-refractivity contribution is 0.239. The average Bonchev–Trinajstić information content (AvgIpc) is 2.20. The number of hydrogen-bond acceptors (Lipinski definition) is 2. The number of alkyl halides is 1. The first-order chi connectivity index (χ1) is 7.57. The standard InChI is InChI=1S/C11H16BrN3O/c1-14(2)15(11(13)16)10-6-4-3-5-9(10)7-8-12/h3-6H,7-8H2,1-2H3,(H2,13,16). The van der Waals surface area contributed by atoms with Crippen LogP contribution in [0.4, 0.5) is 10.5 Å². The molecule has 2 N–H and O–H groups in total. The number of hydrogen-bond donors (Lipinski definition) is 1. The lowest BCUT2D eigenvalue weighted by atomic mass is 10.1. The van der Waals surface area contributed by atoms with Crippen molar-refractivity contribution >= 4 is 27.6 Å². The summed E-state index contributed by atoms with van der Waals surface area (Å²) in [4.78, 5) is 11.4. The molecule has 0 saturated heterocycles. The van der Waals surface area contributed by atoms with Gasteiger partial charge in [0, 0.05) is 19.4 Å². The Morgan fingerprint density at radius 2 is 2.00 bits per heavy atom. The van der Waals surface area contributed by atoms with Gasteiger partial charge in [0.05, 0.1) is 5.69 Å². The topological polar surface area (TPSA) is 49.6 Å². The summed E-state index contributed by atoms with van der Waals surface area (Å²) in [5.41, 5.74) is 7.29. The van der Waals surface area contributed by atoms with E-state index in [0.29, 0.717) is 0 Å². The second kappa shape index (κ2) is 5.86. The van der Waals surface area contributed by atoms with E-state index in [1.54, 1.807) is 19.1 Å². The number of primary amides is 1. The van der Waals surface area contributed by atoms with Gasteiger partial charge in [-0.15, -0.1) is 0 Å². The zero-order chi connectivity index (χ0) is 12.1. The van der Waals surface area contributed by atoms with Crippen molar-refractivity contribution in [2.24, 2.45) is 5.73 Å². The molecule has 0 radical (unpaired) electrons. The van der Waals surface area contributed by atoms with Crippen molar-refractivity contribution in [3.05, 3.63) is 29.8 Å². The SMILES string of the molecule is CN(C)N(C(N)=O)c1ccccc1CCBr. The van der Waals surface area contributed by atoms with E-state index in [9.17, 15) is 4.79 Å². The molecule has 1 rings (SSSR count). The summed E-state index contributed by atoms with van der Waals surface area (Å²) >= 11 is 3.40. The van der Waals surface area contributed by atoms with E-state index < -0.39 is 6.03 Å². The van der Waals surface area contributed by atoms with Crippen LogP contribution in [0.1, 0.15) is 5.56 Å². The van der Waals surface area contributed by atoms with Crippen molar-refractivity contribution in [3.63, 3.8) is 0 Å². The third-order valence-electron chi connectivity index (χ3n) is 2.19. The Hall–Kier alpha value is -1.07. The molecule has 4 nitrogen and oxygen atoms in total. The molecule has 0 unspecified atom stereocenters. The predicted octanol–water partition coefficient (Wildman–Crippen LogP) is 1.99. The molecule has 0 spiro atoms. The van der Waals surface area contributed by atoms with Gasteiger partial charge in [-0.3, -0.25) is 0 Å². The monoisotopic (exact) mass is 285 g/mol. The van der Waals surface area contributed by atoms with Gasteiger partial charge in [-0.2, -0.15) is 0 Å². The number of nitrogens with two attached hydrogens (primary N) is 1. The van der Waals surface area contributed by atoms with Crippen LogP contribution in [0.25, 0.3) is 0 Å². The maximum absolute atomic E-state index is 11.4. The van der Waals surface area contributed by atoms with Gasteiger partial charge in [0.1, 0.15) is 0 Å². The van der Waals surface area contributed by atoms with Crippen molar-refractivity contribution in [3.8, 4) is 0 Å². The van der Waals surface area contributed by atoms with Crippen LogP contribution >= 0.6 is 15.9 Å². The Morgan fingerprint density at radius 1 is 1.38 bits per heavy atom. The highest BCUT2D eigenvalue weighted by Gasteiger charge is 2.17. The van der Waals surface area contributed by atoms with Gasteiger partial charge in [-0.1, -0.05) is 34.1 Å². The molecule has 0 fully saturated rings. The highest BCUT2D eigenvalue weighted by molar-refractivity contribution is 9.09. The molecule has 5 heteroatoms. The Morgan fingerprint density at radius 3 is 2.50 bits per heavy atom. The maximum atomic E-state index is 11.4. The number of anilines is 1. The number of para-hydroxylation sites is 1. The molecule has 88 valence electrons. The third kappa shape index (κ3) is 2.96. The highest BCUT2D eigenvalue weighted by atomic mass is 79.9. The molecule has 0 aliphatic rings. The van der Waals surface area contributed by atoms with Gasteiger partial charge in [0.2, 0.25) is 0 Å². The van der Waals surface area contributed by atoms with Crippen molar-refractivity contribution in [2.75, 3.05) is 24.4 Å². The fraction of sp³-hybridized carbons (Fsp3) is 0.364. The van der Waals surface area contributed by atoms with E-state index in [4.69, 9.17) is 5.73 Å². The molecule has 1 aromatic carbocycles. The first kappa shape index (κ1) is 13.0. The Labute approximate surface area is 104 Å². The van der Waals surface area contributed by atoms with Gasteiger partial charge in [-0.25, -0.2) is 14.8 Å². The van der Waals surface area contributed by atoms with Crippen LogP contribution in [-0.4, -0.2) is 30.5 Å². The van der Waals surface area contributed by atoms with Crippen LogP contribution in [0.5, 0.6) is 0 Å². The van der Waals surface area contributed by atoms with E-state index in [2.05, 4.69) is 15.9 Å². The predicted molar refractivity (Wildman–Crippen MR) is 69.7 cm³/mol. The van der Waals surface area contributed by atoms with Crippen LogP contribution in [0.2, 0.25) is 0 Å². The number of rotatable bonds is 4. The number of aryl methyl sites for hydroxylation is 1. The minimum atomic E-state index is -0.480. The third-order valence-corrected chi connectivity index (χ3v) is 2.59. The van der Waals surface area contributed by atoms with Crippen LogP contribution in [0.3, 0.4) is 0 Å². The maximum Gasteiger partial charge on any atom is 0.334 e. The zero-order valence-electron chi connectivity index (χ0n) is 9.48. The quantitative estimate of drug-likeness (QED) is 0.679. The average molecular weight is 286 g/mol. The largest absolute Gasteiger partial charge is 0.350 e. The number of hydrazine groups is 1. The van der Waals surface area contributed by atoms with Crippen LogP contribution in [-0.2, 0) is 6.42 Å². The number of halogens is 1. The number of nitrogens with zero attached hydrogens (tertiary/aromatic N) is 2. The molecular formula is C11H16BrN3O. The van der Waals surface area contributed by atoms with Gasteiger partial charge in [-0.05, 0) is 18.1 Å². The first-order valence-corrected chi connectivity index (χ1v) is 6.10. The van der Waals surface area contributed by atoms with Gasteiger partial charge >= 0.3 is 6.03 Å². The summed E-state index contributed by atoms with van der Waals surface area (Å²) in [6.45, 7) is 0. The fourth-order valence-electron chi connectivity index (χ4n) is 1.56. The molecule has 0 aliphatic heterocycles. The van der Waals surface area contributed by atoms with E-state index in [1.165, 1.54) is 5.01 Å². The number of carbonyl (C=O) groups is 1. The Balaban J connectivity index is 3.12. The van der Waals surface area contributed by atoms with E-state index in [1.807, 2.05) is 24.3 Å². The number of carbonyl (C=O) groups excluding carboxylic acids is 1. The first-order valence-electron chi connectivity index (χ1n) is 4.98. The molecular weight excluding hydrogens is 270 g/mol. The summed E-state index contributed by atoms with van der Waals surface area (Å²) < 4.78 is 0. The Kier molecular flexibility index (Phi) is 4.76. The second-order valence-electron chi connectivity index (χ2n) is 3.56. The summed E-state index contributed by atoms with van der Waals surface area (Å²) in [7, 11) is 3.57. The van der Waals surface area contributed by atoms with Crippen LogP contribution in [0.15, 0.2) is 24.3 Å². The number of amides is 2. The molecule has 0 aliphatic carbocycles. The summed E-state index contributed by atoms with van der Waals surface area (Å²) in [6.07, 6.45) is 0.855. The number of urea groups is 1. The molecule has 1 aromatic rings. The van der Waals surface area contributed by atoms with E-state index in [0.717, 1.165) is 23.0 Å². The van der Waals surface area contributed by atoms with Crippen LogP contribution < -0.4 is 10.7 Å². The van der Waals surface area contributed by atoms with Crippen molar-refractivity contribution in [1.82, 2.24) is 5.01 Å². The van der Waals surface area contributed by atoms with E-state index >= 15 is 0 Å². The van der Waals surface area contributed by atoms with Crippen molar-refractivity contribution in [1.29, 1.82) is 0 Å².